The van der Waals surface area contributed by atoms with Crippen LogP contribution in [0.5, 0.6) is 11.5 Å². The van der Waals surface area contributed by atoms with Crippen molar-refractivity contribution in [1.29, 1.82) is 0 Å². The van der Waals surface area contributed by atoms with Crippen molar-refractivity contribution in [2.75, 3.05) is 11.4 Å². The third kappa shape index (κ3) is 4.40. The molecule has 1 N–H and O–H groups in total. The highest BCUT2D eigenvalue weighted by Crippen LogP contribution is 2.40. The molecular weight excluding hydrogens is 371 g/mol. The summed E-state index contributed by atoms with van der Waals surface area (Å²) in [6.07, 6.45) is -4.87. The summed E-state index contributed by atoms with van der Waals surface area (Å²) in [6.45, 7) is 3.70. The maximum absolute atomic E-state index is 13.1. The van der Waals surface area contributed by atoms with Gasteiger partial charge >= 0.3 is 12.1 Å². The summed E-state index contributed by atoms with van der Waals surface area (Å²) < 4.78 is 45.3. The van der Waals surface area contributed by atoms with Gasteiger partial charge in [-0.05, 0) is 61.7 Å². The van der Waals surface area contributed by atoms with E-state index in [1.54, 1.807) is 24.3 Å². The number of carboxylic acids is 1. The first kappa shape index (κ1) is 20.0. The molecule has 1 aliphatic rings. The molecule has 0 bridgehead atoms. The van der Waals surface area contributed by atoms with Crippen molar-refractivity contribution in [3.05, 3.63) is 53.6 Å². The molecule has 1 heterocycles. The quantitative estimate of drug-likeness (QED) is 0.746. The van der Waals surface area contributed by atoms with Gasteiger partial charge in [-0.2, -0.15) is 13.2 Å². The van der Waals surface area contributed by atoms with Gasteiger partial charge in [0.15, 0.2) is 0 Å². The summed E-state index contributed by atoms with van der Waals surface area (Å²) in [5.41, 5.74) is 2.67. The van der Waals surface area contributed by atoms with E-state index in [2.05, 4.69) is 0 Å². The lowest BCUT2D eigenvalue weighted by molar-refractivity contribution is -0.169. The van der Waals surface area contributed by atoms with Crippen molar-refractivity contribution >= 4 is 11.7 Å². The molecule has 1 saturated heterocycles. The van der Waals surface area contributed by atoms with Crippen molar-refractivity contribution in [3.8, 4) is 11.5 Å². The number of alkyl halides is 3. The first-order valence-electron chi connectivity index (χ1n) is 9.04. The molecule has 0 radical (unpaired) electrons. The highest BCUT2D eigenvalue weighted by molar-refractivity contribution is 5.69. The Morgan fingerprint density at radius 1 is 1.18 bits per heavy atom. The monoisotopic (exact) mass is 393 g/mol. The van der Waals surface area contributed by atoms with Crippen LogP contribution in [0.3, 0.4) is 0 Å². The zero-order chi connectivity index (χ0) is 20.5. The van der Waals surface area contributed by atoms with E-state index in [1.807, 2.05) is 32.0 Å². The average molecular weight is 393 g/mol. The van der Waals surface area contributed by atoms with Crippen molar-refractivity contribution in [2.24, 2.45) is 5.92 Å². The molecule has 0 saturated carbocycles. The number of hydrogen-bond donors (Lipinski definition) is 1. The van der Waals surface area contributed by atoms with Gasteiger partial charge in [0.1, 0.15) is 11.5 Å². The number of nitrogens with zero attached hydrogens (tertiary/aromatic N) is 1. The Morgan fingerprint density at radius 3 is 2.46 bits per heavy atom. The Bertz CT molecular complexity index is 849. The zero-order valence-electron chi connectivity index (χ0n) is 15.7. The molecule has 1 fully saturated rings. The van der Waals surface area contributed by atoms with Crippen LogP contribution in [-0.4, -0.2) is 29.8 Å². The number of carboxylic acid groups (broad SMARTS) is 1. The van der Waals surface area contributed by atoms with E-state index < -0.39 is 24.1 Å². The summed E-state index contributed by atoms with van der Waals surface area (Å²) in [4.78, 5) is 12.6. The van der Waals surface area contributed by atoms with Gasteiger partial charge in [0.25, 0.3) is 0 Å². The van der Waals surface area contributed by atoms with Crippen molar-refractivity contribution in [1.82, 2.24) is 0 Å². The Kier molecular flexibility index (Phi) is 5.54. The van der Waals surface area contributed by atoms with Crippen molar-refractivity contribution in [2.45, 2.75) is 38.9 Å². The number of aryl methyl sites for hydroxylation is 1. The molecule has 150 valence electrons. The largest absolute Gasteiger partial charge is 0.481 e. The second kappa shape index (κ2) is 7.73. The van der Waals surface area contributed by atoms with E-state index in [9.17, 15) is 18.0 Å². The minimum Gasteiger partial charge on any atom is -0.481 e. The highest BCUT2D eigenvalue weighted by atomic mass is 19.4. The van der Waals surface area contributed by atoms with Crippen LogP contribution < -0.4 is 9.64 Å². The second-order valence-electron chi connectivity index (χ2n) is 7.17. The van der Waals surface area contributed by atoms with Crippen LogP contribution in [-0.2, 0) is 4.79 Å². The van der Waals surface area contributed by atoms with Crippen LogP contribution >= 0.6 is 0 Å². The number of aliphatic carboxylic acids is 1. The number of halogens is 3. The molecule has 0 aliphatic carbocycles. The molecule has 28 heavy (non-hydrogen) atoms. The maximum Gasteiger partial charge on any atom is 0.393 e. The van der Waals surface area contributed by atoms with E-state index in [0.29, 0.717) is 11.4 Å². The zero-order valence-corrected chi connectivity index (χ0v) is 15.7. The SMILES string of the molecule is Cc1cccc(Oc2ccc(N3C[C@@H](C(F)(F)F)C[C@H]3CC(=O)O)cc2)c1C. The third-order valence-electron chi connectivity index (χ3n) is 5.24. The van der Waals surface area contributed by atoms with Gasteiger partial charge < -0.3 is 14.7 Å². The van der Waals surface area contributed by atoms with Crippen molar-refractivity contribution in [3.63, 3.8) is 0 Å². The first-order chi connectivity index (χ1) is 13.1. The molecule has 0 amide bonds. The Hall–Kier alpha value is -2.70. The minimum absolute atomic E-state index is 0.212. The predicted octanol–water partition coefficient (Wildman–Crippen LogP) is 5.33. The molecule has 7 heteroatoms. The summed E-state index contributed by atoms with van der Waals surface area (Å²) in [7, 11) is 0. The predicted molar refractivity (Wildman–Crippen MR) is 100.0 cm³/mol. The smallest absolute Gasteiger partial charge is 0.393 e. The summed E-state index contributed by atoms with van der Waals surface area (Å²) >= 11 is 0. The maximum atomic E-state index is 13.1. The van der Waals surface area contributed by atoms with Gasteiger partial charge in [-0.1, -0.05) is 12.1 Å². The minimum atomic E-state index is -4.34. The number of rotatable bonds is 5. The molecule has 4 nitrogen and oxygen atoms in total. The van der Waals surface area contributed by atoms with Gasteiger partial charge in [0.2, 0.25) is 0 Å². The van der Waals surface area contributed by atoms with Crippen LogP contribution in [0.2, 0.25) is 0 Å². The molecule has 0 unspecified atom stereocenters. The Labute approximate surface area is 161 Å². The standard InChI is InChI=1S/C21H22F3NO3/c1-13-4-3-5-19(14(13)2)28-18-8-6-16(7-9-18)25-12-15(21(22,23)24)10-17(25)11-20(26)27/h3-9,15,17H,10-12H2,1-2H3,(H,26,27)/t15-,17-/m0/s1. The van der Waals surface area contributed by atoms with Gasteiger partial charge in [-0.3, -0.25) is 4.79 Å². The average Bonchev–Trinajstić information content (AvgIpc) is 3.03. The molecule has 0 spiro atoms. The number of anilines is 1. The Balaban J connectivity index is 1.79. The molecule has 1 aliphatic heterocycles. The molecule has 0 aromatic heterocycles. The van der Waals surface area contributed by atoms with Gasteiger partial charge in [0.05, 0.1) is 12.3 Å². The van der Waals surface area contributed by atoms with Crippen LogP contribution in [0.1, 0.15) is 24.0 Å². The van der Waals surface area contributed by atoms with Crippen molar-refractivity contribution < 1.29 is 27.8 Å². The lowest BCUT2D eigenvalue weighted by Gasteiger charge is -2.26. The van der Waals surface area contributed by atoms with Crippen LogP contribution in [0.15, 0.2) is 42.5 Å². The summed E-state index contributed by atoms with van der Waals surface area (Å²) in [5, 5.41) is 9.06. The van der Waals surface area contributed by atoms with Crippen LogP contribution in [0.4, 0.5) is 18.9 Å². The fourth-order valence-electron chi connectivity index (χ4n) is 3.53. The van der Waals surface area contributed by atoms with Gasteiger partial charge in [-0.15, -0.1) is 0 Å². The van der Waals surface area contributed by atoms with E-state index in [1.165, 1.54) is 4.90 Å². The molecular formula is C21H22F3NO3. The second-order valence-corrected chi connectivity index (χ2v) is 7.17. The number of hydrogen-bond acceptors (Lipinski definition) is 3. The third-order valence-corrected chi connectivity index (χ3v) is 5.24. The highest BCUT2D eigenvalue weighted by Gasteiger charge is 2.47. The fourth-order valence-corrected chi connectivity index (χ4v) is 3.53. The van der Waals surface area contributed by atoms with E-state index in [0.717, 1.165) is 16.9 Å². The lowest BCUT2D eigenvalue weighted by atomic mass is 10.0. The summed E-state index contributed by atoms with van der Waals surface area (Å²) in [6, 6.07) is 11.8. The molecule has 2 aromatic carbocycles. The van der Waals surface area contributed by atoms with E-state index in [4.69, 9.17) is 9.84 Å². The molecule has 3 rings (SSSR count). The van der Waals surface area contributed by atoms with Crippen LogP contribution in [0, 0.1) is 19.8 Å². The normalized spacial score (nSPS) is 19.7. The van der Waals surface area contributed by atoms with E-state index in [-0.39, 0.29) is 19.4 Å². The van der Waals surface area contributed by atoms with Crippen LogP contribution in [0.25, 0.3) is 0 Å². The molecule has 2 atom stereocenters. The first-order valence-corrected chi connectivity index (χ1v) is 9.04. The number of benzene rings is 2. The lowest BCUT2D eigenvalue weighted by Crippen LogP contribution is -2.32. The number of ether oxygens (including phenoxy) is 1. The van der Waals surface area contributed by atoms with Gasteiger partial charge in [0, 0.05) is 18.3 Å². The fraction of sp³-hybridized carbons (Fsp3) is 0.381. The summed E-state index contributed by atoms with van der Waals surface area (Å²) in [5.74, 6) is -1.34. The van der Waals surface area contributed by atoms with Gasteiger partial charge in [-0.25, -0.2) is 0 Å². The Morgan fingerprint density at radius 2 is 1.86 bits per heavy atom. The van der Waals surface area contributed by atoms with E-state index >= 15 is 0 Å². The topological polar surface area (TPSA) is 49.8 Å². The molecule has 2 aromatic rings. The number of carbonyl (C=O) groups is 1.